The Hall–Kier alpha value is -1.49. The smallest absolute Gasteiger partial charge is 0.389 e. The van der Waals surface area contributed by atoms with Crippen LogP contribution in [0.2, 0.25) is 0 Å². The number of rotatable bonds is 5. The maximum Gasteiger partial charge on any atom is 0.389 e. The molecule has 2 nitrogen and oxygen atoms in total. The highest BCUT2D eigenvalue weighted by atomic mass is 19.4. The van der Waals surface area contributed by atoms with Crippen molar-refractivity contribution in [3.05, 3.63) is 36.1 Å². The summed E-state index contributed by atoms with van der Waals surface area (Å²) in [5.41, 5.74) is 1.49. The number of hydrogen-bond donors (Lipinski definition) is 1. The summed E-state index contributed by atoms with van der Waals surface area (Å²) in [7, 11) is 0. The molecule has 1 aromatic carbocycles. The zero-order valence-corrected chi connectivity index (χ0v) is 10.6. The zero-order chi connectivity index (χ0) is 13.9. The Labute approximate surface area is 109 Å². The van der Waals surface area contributed by atoms with Crippen LogP contribution in [0.15, 0.2) is 34.9 Å². The number of furan rings is 1. The van der Waals surface area contributed by atoms with Gasteiger partial charge in [0.2, 0.25) is 0 Å². The highest BCUT2D eigenvalue weighted by Crippen LogP contribution is 2.32. The van der Waals surface area contributed by atoms with Gasteiger partial charge in [-0.15, -0.1) is 0 Å². The highest BCUT2D eigenvalue weighted by molar-refractivity contribution is 5.81. The summed E-state index contributed by atoms with van der Waals surface area (Å²) >= 11 is 0. The van der Waals surface area contributed by atoms with Gasteiger partial charge in [0, 0.05) is 23.4 Å². The third-order valence-electron chi connectivity index (χ3n) is 3.05. The highest BCUT2D eigenvalue weighted by Gasteiger charge is 2.29. The monoisotopic (exact) mass is 271 g/mol. The average Bonchev–Trinajstić information content (AvgIpc) is 2.77. The van der Waals surface area contributed by atoms with Gasteiger partial charge in [-0.25, -0.2) is 0 Å². The molecule has 2 aromatic rings. The van der Waals surface area contributed by atoms with E-state index in [1.165, 1.54) is 0 Å². The van der Waals surface area contributed by atoms with Gasteiger partial charge in [-0.3, -0.25) is 0 Å². The molecule has 1 heterocycles. The van der Waals surface area contributed by atoms with Crippen LogP contribution in [0.25, 0.3) is 11.0 Å². The summed E-state index contributed by atoms with van der Waals surface area (Å²) in [4.78, 5) is 0. The van der Waals surface area contributed by atoms with Gasteiger partial charge in [0.25, 0.3) is 0 Å². The molecule has 0 aliphatic rings. The van der Waals surface area contributed by atoms with Crippen LogP contribution < -0.4 is 5.32 Å². The fourth-order valence-electron chi connectivity index (χ4n) is 2.19. The van der Waals surface area contributed by atoms with E-state index >= 15 is 0 Å². The van der Waals surface area contributed by atoms with Gasteiger partial charge in [0.1, 0.15) is 5.58 Å². The first-order valence-electron chi connectivity index (χ1n) is 6.27. The Bertz CT molecular complexity index is 533. The predicted octanol–water partition coefficient (Wildman–Crippen LogP) is 4.43. The second kappa shape index (κ2) is 5.65. The van der Waals surface area contributed by atoms with Crippen LogP contribution in [0.5, 0.6) is 0 Å². The van der Waals surface area contributed by atoms with Crippen molar-refractivity contribution in [3.8, 4) is 0 Å². The first-order valence-corrected chi connectivity index (χ1v) is 6.27. The van der Waals surface area contributed by atoms with Gasteiger partial charge >= 0.3 is 6.18 Å². The molecule has 1 N–H and O–H groups in total. The normalized spacial score (nSPS) is 13.9. The van der Waals surface area contributed by atoms with Crippen molar-refractivity contribution in [2.24, 2.45) is 0 Å². The fourth-order valence-corrected chi connectivity index (χ4v) is 2.19. The van der Waals surface area contributed by atoms with Crippen molar-refractivity contribution in [1.29, 1.82) is 0 Å². The number of fused-ring (bicyclic) bond motifs is 1. The summed E-state index contributed by atoms with van der Waals surface area (Å²) < 4.78 is 42.5. The van der Waals surface area contributed by atoms with E-state index in [1.807, 2.05) is 31.2 Å². The molecular weight excluding hydrogens is 255 g/mol. The maximum atomic E-state index is 12.4. The van der Waals surface area contributed by atoms with E-state index in [9.17, 15) is 13.2 Å². The SMILES string of the molecule is CCNC(CCC(F)(F)F)c1coc2ccccc12. The van der Waals surface area contributed by atoms with E-state index < -0.39 is 12.6 Å². The van der Waals surface area contributed by atoms with E-state index in [-0.39, 0.29) is 12.5 Å². The molecule has 0 amide bonds. The van der Waals surface area contributed by atoms with Gasteiger partial charge < -0.3 is 9.73 Å². The lowest BCUT2D eigenvalue weighted by Gasteiger charge is -2.17. The Kier molecular flexibility index (Phi) is 4.14. The Morgan fingerprint density at radius 1 is 1.26 bits per heavy atom. The molecule has 2 rings (SSSR count). The van der Waals surface area contributed by atoms with Crippen LogP contribution in [0.4, 0.5) is 13.2 Å². The number of nitrogens with one attached hydrogen (secondary N) is 1. The molecule has 0 aliphatic heterocycles. The Balaban J connectivity index is 2.23. The molecule has 1 atom stereocenters. The quantitative estimate of drug-likeness (QED) is 0.870. The standard InChI is InChI=1S/C14H16F3NO/c1-2-18-12(7-8-14(15,16)17)11-9-19-13-6-4-3-5-10(11)13/h3-6,9,12,18H,2,7-8H2,1H3. The summed E-state index contributed by atoms with van der Waals surface area (Å²) in [6.45, 7) is 2.49. The number of alkyl halides is 3. The van der Waals surface area contributed by atoms with Crippen LogP contribution in [-0.4, -0.2) is 12.7 Å². The van der Waals surface area contributed by atoms with Crippen LogP contribution in [-0.2, 0) is 0 Å². The molecule has 104 valence electrons. The minimum Gasteiger partial charge on any atom is -0.464 e. The van der Waals surface area contributed by atoms with E-state index in [4.69, 9.17) is 4.42 Å². The number of para-hydroxylation sites is 1. The molecular formula is C14H16F3NO. The van der Waals surface area contributed by atoms with Crippen LogP contribution in [0.3, 0.4) is 0 Å². The Morgan fingerprint density at radius 2 is 2.00 bits per heavy atom. The van der Waals surface area contributed by atoms with Gasteiger partial charge in [-0.1, -0.05) is 25.1 Å². The van der Waals surface area contributed by atoms with E-state index in [0.717, 1.165) is 10.9 Å². The minimum atomic E-state index is -4.13. The lowest BCUT2D eigenvalue weighted by Crippen LogP contribution is -2.22. The molecule has 0 saturated heterocycles. The van der Waals surface area contributed by atoms with Crippen molar-refractivity contribution in [2.75, 3.05) is 6.54 Å². The summed E-state index contributed by atoms with van der Waals surface area (Å²) in [6, 6.07) is 7.04. The number of halogens is 3. The predicted molar refractivity (Wildman–Crippen MR) is 67.9 cm³/mol. The maximum absolute atomic E-state index is 12.4. The minimum absolute atomic E-state index is 0.0147. The van der Waals surface area contributed by atoms with E-state index in [1.54, 1.807) is 6.26 Å². The Morgan fingerprint density at radius 3 is 2.68 bits per heavy atom. The van der Waals surface area contributed by atoms with Crippen molar-refractivity contribution >= 4 is 11.0 Å². The molecule has 0 bridgehead atoms. The first kappa shape index (κ1) is 13.9. The molecule has 5 heteroatoms. The van der Waals surface area contributed by atoms with Crippen LogP contribution in [0, 0.1) is 0 Å². The largest absolute Gasteiger partial charge is 0.464 e. The summed E-state index contributed by atoms with van der Waals surface area (Å²) in [6.07, 6.45) is -3.37. The van der Waals surface area contributed by atoms with Crippen molar-refractivity contribution < 1.29 is 17.6 Å². The number of benzene rings is 1. The van der Waals surface area contributed by atoms with E-state index in [2.05, 4.69) is 5.32 Å². The lowest BCUT2D eigenvalue weighted by molar-refractivity contribution is -0.136. The van der Waals surface area contributed by atoms with Crippen molar-refractivity contribution in [1.82, 2.24) is 5.32 Å². The third kappa shape index (κ3) is 3.50. The topological polar surface area (TPSA) is 25.2 Å². The van der Waals surface area contributed by atoms with Gasteiger partial charge in [-0.2, -0.15) is 13.2 Å². The molecule has 0 fully saturated rings. The molecule has 1 unspecified atom stereocenters. The second-order valence-electron chi connectivity index (χ2n) is 4.45. The first-order chi connectivity index (χ1) is 9.01. The van der Waals surface area contributed by atoms with Crippen molar-refractivity contribution in [3.63, 3.8) is 0 Å². The van der Waals surface area contributed by atoms with Crippen molar-refractivity contribution in [2.45, 2.75) is 32.0 Å². The summed E-state index contributed by atoms with van der Waals surface area (Å²) in [5, 5.41) is 3.96. The fraction of sp³-hybridized carbons (Fsp3) is 0.429. The zero-order valence-electron chi connectivity index (χ0n) is 10.6. The van der Waals surface area contributed by atoms with Gasteiger partial charge in [-0.05, 0) is 19.0 Å². The molecule has 0 saturated carbocycles. The summed E-state index contributed by atoms with van der Waals surface area (Å²) in [5.74, 6) is 0. The molecule has 0 spiro atoms. The van der Waals surface area contributed by atoms with Gasteiger partial charge in [0.05, 0.1) is 6.26 Å². The third-order valence-corrected chi connectivity index (χ3v) is 3.05. The van der Waals surface area contributed by atoms with E-state index in [0.29, 0.717) is 12.1 Å². The molecule has 0 radical (unpaired) electrons. The lowest BCUT2D eigenvalue weighted by atomic mass is 10.0. The average molecular weight is 271 g/mol. The number of hydrogen-bond acceptors (Lipinski definition) is 2. The van der Waals surface area contributed by atoms with Gasteiger partial charge in [0.15, 0.2) is 0 Å². The van der Waals surface area contributed by atoms with Crippen LogP contribution >= 0.6 is 0 Å². The molecule has 0 aliphatic carbocycles. The van der Waals surface area contributed by atoms with Crippen LogP contribution in [0.1, 0.15) is 31.4 Å². The molecule has 19 heavy (non-hydrogen) atoms. The molecule has 1 aromatic heterocycles. The second-order valence-corrected chi connectivity index (χ2v) is 4.45.